The van der Waals surface area contributed by atoms with Gasteiger partial charge in [-0.25, -0.2) is 4.39 Å². The van der Waals surface area contributed by atoms with Gasteiger partial charge in [-0.05, 0) is 42.5 Å². The Kier molecular flexibility index (Phi) is 2.87. The van der Waals surface area contributed by atoms with Gasteiger partial charge in [0.15, 0.2) is 0 Å². The fourth-order valence-corrected chi connectivity index (χ4v) is 3.04. The fourth-order valence-electron chi connectivity index (χ4n) is 3.04. The molecule has 0 unspecified atom stereocenters. The van der Waals surface area contributed by atoms with Gasteiger partial charge in [-0.3, -0.25) is 0 Å². The van der Waals surface area contributed by atoms with Crippen LogP contribution in [0.1, 0.15) is 50.0 Å². The van der Waals surface area contributed by atoms with Gasteiger partial charge in [0.25, 0.3) is 0 Å². The highest BCUT2D eigenvalue weighted by atomic mass is 19.1. The minimum Gasteiger partial charge on any atom is -0.361 e. The molecular formula is C15H18FN. The zero-order chi connectivity index (χ0) is 11.7. The Hall–Kier alpha value is -1.31. The Labute approximate surface area is 101 Å². The number of halogens is 1. The number of rotatable bonds is 1. The van der Waals surface area contributed by atoms with Crippen molar-refractivity contribution in [2.24, 2.45) is 0 Å². The van der Waals surface area contributed by atoms with Crippen LogP contribution in [0, 0.1) is 5.82 Å². The molecule has 90 valence electrons. The zero-order valence-corrected chi connectivity index (χ0v) is 10.0. The van der Waals surface area contributed by atoms with Crippen molar-refractivity contribution in [1.82, 2.24) is 4.98 Å². The molecule has 1 fully saturated rings. The molecule has 1 aliphatic carbocycles. The predicted octanol–water partition coefficient (Wildman–Crippen LogP) is 4.74. The van der Waals surface area contributed by atoms with Crippen molar-refractivity contribution in [3.05, 3.63) is 35.8 Å². The third kappa shape index (κ3) is 2.08. The summed E-state index contributed by atoms with van der Waals surface area (Å²) >= 11 is 0. The fraction of sp³-hybridized carbons (Fsp3) is 0.467. The number of H-pyrrole nitrogens is 1. The van der Waals surface area contributed by atoms with E-state index in [2.05, 4.69) is 11.2 Å². The maximum Gasteiger partial charge on any atom is 0.123 e. The van der Waals surface area contributed by atoms with Crippen molar-refractivity contribution < 1.29 is 4.39 Å². The summed E-state index contributed by atoms with van der Waals surface area (Å²) in [5.74, 6) is 0.486. The van der Waals surface area contributed by atoms with Gasteiger partial charge in [0.2, 0.25) is 0 Å². The van der Waals surface area contributed by atoms with Crippen LogP contribution in [-0.4, -0.2) is 4.98 Å². The largest absolute Gasteiger partial charge is 0.361 e. The summed E-state index contributed by atoms with van der Waals surface area (Å²) in [6.07, 6.45) is 9.92. The first kappa shape index (κ1) is 10.8. The summed E-state index contributed by atoms with van der Waals surface area (Å²) < 4.78 is 13.3. The Bertz CT molecular complexity index is 507. The molecule has 0 saturated heterocycles. The number of aromatic amines is 1. The molecule has 0 aliphatic heterocycles. The van der Waals surface area contributed by atoms with Crippen LogP contribution in [-0.2, 0) is 0 Å². The number of benzene rings is 1. The van der Waals surface area contributed by atoms with Crippen molar-refractivity contribution in [2.75, 3.05) is 0 Å². The van der Waals surface area contributed by atoms with Crippen LogP contribution < -0.4 is 0 Å². The van der Waals surface area contributed by atoms with E-state index in [1.165, 1.54) is 50.2 Å². The first-order chi connectivity index (χ1) is 8.34. The lowest BCUT2D eigenvalue weighted by Crippen LogP contribution is -1.95. The van der Waals surface area contributed by atoms with E-state index < -0.39 is 0 Å². The van der Waals surface area contributed by atoms with Crippen LogP contribution in [0.5, 0.6) is 0 Å². The molecule has 1 heterocycles. The van der Waals surface area contributed by atoms with Crippen molar-refractivity contribution in [3.8, 4) is 0 Å². The molecule has 1 nitrogen and oxygen atoms in total. The second-order valence-electron chi connectivity index (χ2n) is 5.12. The van der Waals surface area contributed by atoms with Gasteiger partial charge in [0.1, 0.15) is 5.82 Å². The summed E-state index contributed by atoms with van der Waals surface area (Å²) in [7, 11) is 0. The van der Waals surface area contributed by atoms with Gasteiger partial charge in [-0.1, -0.05) is 25.7 Å². The number of aromatic nitrogens is 1. The number of fused-ring (bicyclic) bond motifs is 1. The van der Waals surface area contributed by atoms with Gasteiger partial charge in [0, 0.05) is 17.1 Å². The average Bonchev–Trinajstić information content (AvgIpc) is 2.58. The molecular weight excluding hydrogens is 213 g/mol. The van der Waals surface area contributed by atoms with E-state index in [1.807, 2.05) is 6.07 Å². The third-order valence-electron chi connectivity index (χ3n) is 3.97. The SMILES string of the molecule is Fc1ccc2[nH]cc(C3CCCCCC3)c2c1. The molecule has 17 heavy (non-hydrogen) atoms. The average molecular weight is 231 g/mol. The minimum absolute atomic E-state index is 0.132. The first-order valence-corrected chi connectivity index (χ1v) is 6.61. The third-order valence-corrected chi connectivity index (χ3v) is 3.97. The van der Waals surface area contributed by atoms with Crippen molar-refractivity contribution in [2.45, 2.75) is 44.4 Å². The molecule has 1 aliphatic rings. The molecule has 2 heteroatoms. The predicted molar refractivity (Wildman–Crippen MR) is 68.7 cm³/mol. The number of hydrogen-bond acceptors (Lipinski definition) is 0. The molecule has 2 aromatic rings. The first-order valence-electron chi connectivity index (χ1n) is 6.61. The van der Waals surface area contributed by atoms with E-state index in [0.717, 1.165) is 10.9 Å². The van der Waals surface area contributed by atoms with Gasteiger partial charge in [0.05, 0.1) is 0 Å². The van der Waals surface area contributed by atoms with Gasteiger partial charge in [-0.15, -0.1) is 0 Å². The second kappa shape index (κ2) is 4.52. The van der Waals surface area contributed by atoms with Crippen LogP contribution in [0.3, 0.4) is 0 Å². The lowest BCUT2D eigenvalue weighted by atomic mass is 9.91. The lowest BCUT2D eigenvalue weighted by Gasteiger charge is -2.12. The highest BCUT2D eigenvalue weighted by Gasteiger charge is 2.17. The highest BCUT2D eigenvalue weighted by molar-refractivity contribution is 5.83. The van der Waals surface area contributed by atoms with E-state index in [4.69, 9.17) is 0 Å². The van der Waals surface area contributed by atoms with E-state index in [1.54, 1.807) is 6.07 Å². The normalized spacial score (nSPS) is 18.4. The monoisotopic (exact) mass is 231 g/mol. The maximum absolute atomic E-state index is 13.3. The van der Waals surface area contributed by atoms with Crippen molar-refractivity contribution in [3.63, 3.8) is 0 Å². The molecule has 1 saturated carbocycles. The molecule has 1 aromatic carbocycles. The number of nitrogens with one attached hydrogen (secondary N) is 1. The minimum atomic E-state index is -0.132. The molecule has 0 radical (unpaired) electrons. The van der Waals surface area contributed by atoms with Crippen LogP contribution in [0.2, 0.25) is 0 Å². The summed E-state index contributed by atoms with van der Waals surface area (Å²) in [6.45, 7) is 0. The van der Waals surface area contributed by atoms with E-state index in [0.29, 0.717) is 5.92 Å². The van der Waals surface area contributed by atoms with Gasteiger partial charge >= 0.3 is 0 Å². The van der Waals surface area contributed by atoms with Crippen molar-refractivity contribution in [1.29, 1.82) is 0 Å². The van der Waals surface area contributed by atoms with Crippen LogP contribution in [0.4, 0.5) is 4.39 Å². The van der Waals surface area contributed by atoms with E-state index in [-0.39, 0.29) is 5.82 Å². The molecule has 1 aromatic heterocycles. The zero-order valence-electron chi connectivity index (χ0n) is 10.0. The summed E-state index contributed by atoms with van der Waals surface area (Å²) in [5.41, 5.74) is 2.38. The summed E-state index contributed by atoms with van der Waals surface area (Å²) in [4.78, 5) is 3.27. The Morgan fingerprint density at radius 3 is 2.59 bits per heavy atom. The highest BCUT2D eigenvalue weighted by Crippen LogP contribution is 2.35. The quantitative estimate of drug-likeness (QED) is 0.682. The Balaban J connectivity index is 2.00. The molecule has 0 bridgehead atoms. The van der Waals surface area contributed by atoms with Crippen LogP contribution in [0.25, 0.3) is 10.9 Å². The molecule has 0 spiro atoms. The molecule has 3 rings (SSSR count). The van der Waals surface area contributed by atoms with E-state index >= 15 is 0 Å². The topological polar surface area (TPSA) is 15.8 Å². The maximum atomic E-state index is 13.3. The molecule has 1 N–H and O–H groups in total. The van der Waals surface area contributed by atoms with Gasteiger partial charge < -0.3 is 4.98 Å². The Morgan fingerprint density at radius 1 is 1.06 bits per heavy atom. The van der Waals surface area contributed by atoms with Gasteiger partial charge in [-0.2, -0.15) is 0 Å². The summed E-state index contributed by atoms with van der Waals surface area (Å²) in [6, 6.07) is 5.03. The van der Waals surface area contributed by atoms with Crippen molar-refractivity contribution >= 4 is 10.9 Å². The number of hydrogen-bond donors (Lipinski definition) is 1. The van der Waals surface area contributed by atoms with E-state index in [9.17, 15) is 4.39 Å². The smallest absolute Gasteiger partial charge is 0.123 e. The van der Waals surface area contributed by atoms with Crippen LogP contribution >= 0.6 is 0 Å². The summed E-state index contributed by atoms with van der Waals surface area (Å²) in [5, 5.41) is 1.08. The second-order valence-corrected chi connectivity index (χ2v) is 5.12. The van der Waals surface area contributed by atoms with Crippen LogP contribution in [0.15, 0.2) is 24.4 Å². The Morgan fingerprint density at radius 2 is 1.82 bits per heavy atom. The lowest BCUT2D eigenvalue weighted by molar-refractivity contribution is 0.595. The molecule has 0 amide bonds. The standard InChI is InChI=1S/C15H18FN/c16-12-7-8-15-13(9-12)14(10-17-15)11-5-3-1-2-4-6-11/h7-11,17H,1-6H2. The molecule has 0 atom stereocenters.